The molecule has 1 N–H and O–H groups in total. The molecule has 7 heteroatoms. The van der Waals surface area contributed by atoms with Gasteiger partial charge in [-0.25, -0.2) is 13.1 Å². The molecule has 2 heterocycles. The topological polar surface area (TPSA) is 55.4 Å². The van der Waals surface area contributed by atoms with Crippen LogP contribution in [0.3, 0.4) is 0 Å². The maximum Gasteiger partial charge on any atom is 0.212 e. The van der Waals surface area contributed by atoms with Crippen LogP contribution in [0.5, 0.6) is 5.75 Å². The normalized spacial score (nSPS) is 12.8. The molecule has 0 spiro atoms. The number of ether oxygens (including phenoxy) is 1. The van der Waals surface area contributed by atoms with E-state index in [0.717, 1.165) is 21.8 Å². The molecule has 0 aliphatic carbocycles. The largest absolute Gasteiger partial charge is 0.497 e. The number of thiophene rings is 2. The first kappa shape index (κ1) is 18.1. The molecule has 1 atom stereocenters. The second-order valence-corrected chi connectivity index (χ2v) is 9.17. The van der Waals surface area contributed by atoms with Gasteiger partial charge in [-0.2, -0.15) is 11.3 Å². The first-order chi connectivity index (χ1) is 12.1. The molecule has 3 rings (SSSR count). The highest BCUT2D eigenvalue weighted by Gasteiger charge is 2.22. The second kappa shape index (κ2) is 8.14. The highest BCUT2D eigenvalue weighted by Crippen LogP contribution is 2.28. The van der Waals surface area contributed by atoms with Crippen molar-refractivity contribution in [2.75, 3.05) is 12.9 Å². The van der Waals surface area contributed by atoms with Gasteiger partial charge >= 0.3 is 0 Å². The summed E-state index contributed by atoms with van der Waals surface area (Å²) in [5.74, 6) is 0.811. The molecule has 0 bridgehead atoms. The molecule has 0 aliphatic rings. The molecule has 0 aliphatic heterocycles. The molecular formula is C18H19NO3S3. The predicted molar refractivity (Wildman–Crippen MR) is 104 cm³/mol. The van der Waals surface area contributed by atoms with E-state index in [2.05, 4.69) is 4.72 Å². The van der Waals surface area contributed by atoms with Crippen molar-refractivity contribution in [3.8, 4) is 5.75 Å². The van der Waals surface area contributed by atoms with E-state index in [-0.39, 0.29) is 11.8 Å². The van der Waals surface area contributed by atoms with Crippen LogP contribution in [-0.2, 0) is 16.4 Å². The average molecular weight is 394 g/mol. The number of sulfonamides is 1. The number of hydrogen-bond acceptors (Lipinski definition) is 5. The summed E-state index contributed by atoms with van der Waals surface area (Å²) in [5.41, 5.74) is 1.94. The van der Waals surface area contributed by atoms with E-state index in [1.807, 2.05) is 58.6 Å². The van der Waals surface area contributed by atoms with Gasteiger partial charge < -0.3 is 4.74 Å². The molecule has 25 heavy (non-hydrogen) atoms. The summed E-state index contributed by atoms with van der Waals surface area (Å²) >= 11 is 3.12. The molecule has 0 fully saturated rings. The lowest BCUT2D eigenvalue weighted by atomic mass is 10.1. The first-order valence-electron chi connectivity index (χ1n) is 7.76. The van der Waals surface area contributed by atoms with Crippen LogP contribution in [-0.4, -0.2) is 21.3 Å². The molecule has 2 aromatic heterocycles. The van der Waals surface area contributed by atoms with Crippen molar-refractivity contribution in [2.24, 2.45) is 0 Å². The van der Waals surface area contributed by atoms with Crippen molar-refractivity contribution in [1.29, 1.82) is 0 Å². The molecule has 0 radical (unpaired) electrons. The van der Waals surface area contributed by atoms with E-state index in [9.17, 15) is 8.42 Å². The van der Waals surface area contributed by atoms with Crippen LogP contribution in [0, 0.1) is 0 Å². The number of nitrogens with one attached hydrogen (secondary N) is 1. The van der Waals surface area contributed by atoms with Crippen molar-refractivity contribution in [3.63, 3.8) is 0 Å². The van der Waals surface area contributed by atoms with Crippen molar-refractivity contribution in [3.05, 3.63) is 74.6 Å². The van der Waals surface area contributed by atoms with E-state index >= 15 is 0 Å². The summed E-state index contributed by atoms with van der Waals surface area (Å²) in [4.78, 5) is 0.992. The summed E-state index contributed by atoms with van der Waals surface area (Å²) in [7, 11) is -1.81. The van der Waals surface area contributed by atoms with Crippen LogP contribution in [0.15, 0.2) is 58.6 Å². The van der Waals surface area contributed by atoms with Gasteiger partial charge in [-0.3, -0.25) is 0 Å². The molecule has 0 unspecified atom stereocenters. The SMILES string of the molecule is COc1ccc(CCS(=O)(=O)N[C@H](c2ccsc2)c2cccs2)cc1. The predicted octanol–water partition coefficient (Wildman–Crippen LogP) is 4.07. The fourth-order valence-electron chi connectivity index (χ4n) is 2.47. The van der Waals surface area contributed by atoms with E-state index in [4.69, 9.17) is 4.74 Å². The van der Waals surface area contributed by atoms with Crippen LogP contribution < -0.4 is 9.46 Å². The molecular weight excluding hydrogens is 374 g/mol. The highest BCUT2D eigenvalue weighted by atomic mass is 32.2. The highest BCUT2D eigenvalue weighted by molar-refractivity contribution is 7.89. The zero-order valence-electron chi connectivity index (χ0n) is 13.7. The summed E-state index contributed by atoms with van der Waals surface area (Å²) in [6.07, 6.45) is 0.458. The molecule has 0 saturated heterocycles. The van der Waals surface area contributed by atoms with Crippen molar-refractivity contribution in [1.82, 2.24) is 4.72 Å². The van der Waals surface area contributed by atoms with Gasteiger partial charge in [-0.05, 0) is 58.0 Å². The maximum atomic E-state index is 12.6. The Labute approximate surface area is 156 Å². The monoisotopic (exact) mass is 393 g/mol. The molecule has 3 aromatic rings. The van der Waals surface area contributed by atoms with Gasteiger partial charge in [-0.15, -0.1) is 11.3 Å². The summed E-state index contributed by atoms with van der Waals surface area (Å²) in [6.45, 7) is 0. The molecule has 1 aromatic carbocycles. The van der Waals surface area contributed by atoms with Gasteiger partial charge in [0.05, 0.1) is 18.9 Å². The van der Waals surface area contributed by atoms with Crippen molar-refractivity contribution in [2.45, 2.75) is 12.5 Å². The quantitative estimate of drug-likeness (QED) is 0.628. The van der Waals surface area contributed by atoms with E-state index < -0.39 is 10.0 Å². The van der Waals surface area contributed by atoms with Gasteiger partial charge in [0.15, 0.2) is 0 Å². The van der Waals surface area contributed by atoms with Gasteiger partial charge in [0.25, 0.3) is 0 Å². The fraction of sp³-hybridized carbons (Fsp3) is 0.222. The molecule has 0 amide bonds. The van der Waals surface area contributed by atoms with Crippen molar-refractivity contribution < 1.29 is 13.2 Å². The molecule has 4 nitrogen and oxygen atoms in total. The van der Waals surface area contributed by atoms with Crippen LogP contribution in [0.1, 0.15) is 22.0 Å². The number of aryl methyl sites for hydroxylation is 1. The maximum absolute atomic E-state index is 12.6. The number of benzene rings is 1. The Bertz CT molecular complexity index is 836. The fourth-order valence-corrected chi connectivity index (χ4v) is 5.28. The molecule has 132 valence electrons. The van der Waals surface area contributed by atoms with Gasteiger partial charge in [-0.1, -0.05) is 18.2 Å². The first-order valence-corrected chi connectivity index (χ1v) is 11.2. The van der Waals surface area contributed by atoms with Crippen molar-refractivity contribution >= 4 is 32.7 Å². The number of hydrogen-bond donors (Lipinski definition) is 1. The minimum absolute atomic E-state index is 0.0470. The lowest BCUT2D eigenvalue weighted by Crippen LogP contribution is -2.31. The smallest absolute Gasteiger partial charge is 0.212 e. The zero-order chi connectivity index (χ0) is 17.7. The van der Waals surface area contributed by atoms with Gasteiger partial charge in [0, 0.05) is 4.88 Å². The summed E-state index contributed by atoms with van der Waals surface area (Å²) < 4.78 is 33.2. The Morgan fingerprint density at radius 1 is 1.12 bits per heavy atom. The lowest BCUT2D eigenvalue weighted by Gasteiger charge is -2.17. The van der Waals surface area contributed by atoms with Crippen LogP contribution >= 0.6 is 22.7 Å². The Kier molecular flexibility index (Phi) is 5.90. The van der Waals surface area contributed by atoms with Crippen LogP contribution in [0.25, 0.3) is 0 Å². The van der Waals surface area contributed by atoms with Crippen LogP contribution in [0.4, 0.5) is 0 Å². The zero-order valence-corrected chi connectivity index (χ0v) is 16.2. The summed E-state index contributed by atoms with van der Waals surface area (Å²) in [5, 5.41) is 5.90. The Morgan fingerprint density at radius 2 is 1.92 bits per heavy atom. The van der Waals surface area contributed by atoms with Crippen LogP contribution in [0.2, 0.25) is 0 Å². The average Bonchev–Trinajstić information content (AvgIpc) is 3.32. The van der Waals surface area contributed by atoms with E-state index in [1.165, 1.54) is 0 Å². The van der Waals surface area contributed by atoms with E-state index in [0.29, 0.717) is 6.42 Å². The molecule has 0 saturated carbocycles. The second-order valence-electron chi connectivity index (χ2n) is 5.54. The standard InChI is InChI=1S/C18H19NO3S3/c1-22-16-6-4-14(5-7-16)9-12-25(20,21)19-18(15-8-11-23-13-15)17-3-2-10-24-17/h2-8,10-11,13,18-19H,9,12H2,1H3/t18-/m1/s1. The van der Waals surface area contributed by atoms with Gasteiger partial charge in [0.1, 0.15) is 5.75 Å². The minimum atomic E-state index is -3.42. The van der Waals surface area contributed by atoms with Gasteiger partial charge in [0.2, 0.25) is 10.0 Å². The Hall–Kier alpha value is -1.67. The summed E-state index contributed by atoms with van der Waals surface area (Å²) in [6, 6.07) is 13.0. The number of rotatable bonds is 8. The third-order valence-corrected chi connectivity index (χ3v) is 6.80. The third kappa shape index (κ3) is 4.92. The minimum Gasteiger partial charge on any atom is -0.497 e. The number of methoxy groups -OCH3 is 1. The Balaban J connectivity index is 1.70. The lowest BCUT2D eigenvalue weighted by molar-refractivity contribution is 0.414. The third-order valence-electron chi connectivity index (χ3n) is 3.82. The van der Waals surface area contributed by atoms with E-state index in [1.54, 1.807) is 29.8 Å². The Morgan fingerprint density at radius 3 is 2.52 bits per heavy atom.